The molecule has 4 rings (SSSR count). The summed E-state index contributed by atoms with van der Waals surface area (Å²) in [5.74, 6) is 0.671. The van der Waals surface area contributed by atoms with E-state index in [9.17, 15) is 4.79 Å². The van der Waals surface area contributed by atoms with E-state index in [-0.39, 0.29) is 11.0 Å². The van der Waals surface area contributed by atoms with Crippen molar-refractivity contribution in [3.8, 4) is 5.75 Å². The molecule has 2 aliphatic heterocycles. The van der Waals surface area contributed by atoms with Gasteiger partial charge in [0.25, 0.3) is 0 Å². The Morgan fingerprint density at radius 1 is 1.12 bits per heavy atom. The molecule has 2 aromatic rings. The topological polar surface area (TPSA) is 72.1 Å². The summed E-state index contributed by atoms with van der Waals surface area (Å²) < 4.78 is 5.17. The van der Waals surface area contributed by atoms with E-state index in [1.165, 1.54) is 5.56 Å². The third kappa shape index (κ3) is 5.06. The minimum Gasteiger partial charge on any atom is -0.497 e. The van der Waals surface area contributed by atoms with E-state index in [0.29, 0.717) is 24.5 Å². The van der Waals surface area contributed by atoms with Gasteiger partial charge in [-0.3, -0.25) is 15.6 Å². The summed E-state index contributed by atoms with van der Waals surface area (Å²) in [6, 6.07) is 15.7. The van der Waals surface area contributed by atoms with E-state index in [1.54, 1.807) is 24.3 Å². The van der Waals surface area contributed by atoms with Crippen molar-refractivity contribution in [1.82, 2.24) is 10.5 Å². The molecule has 0 saturated carbocycles. The maximum absolute atomic E-state index is 12.3. The Bertz CT molecular complexity index is 987. The Morgan fingerprint density at radius 2 is 1.84 bits per heavy atom. The number of hydrogen-bond donors (Lipinski definition) is 2. The molecule has 0 bridgehead atoms. The Kier molecular flexibility index (Phi) is 6.13. The molecule has 7 heteroatoms. The van der Waals surface area contributed by atoms with Gasteiger partial charge in [-0.2, -0.15) is 0 Å². The van der Waals surface area contributed by atoms with Crippen molar-refractivity contribution in [2.75, 3.05) is 25.5 Å². The fraction of sp³-hybridized carbons (Fsp3) is 0.400. The lowest BCUT2D eigenvalue weighted by Crippen LogP contribution is -2.45. The zero-order valence-corrected chi connectivity index (χ0v) is 19.1. The number of piperidine rings is 1. The van der Waals surface area contributed by atoms with E-state index in [4.69, 9.17) is 14.4 Å². The largest absolute Gasteiger partial charge is 0.497 e. The van der Waals surface area contributed by atoms with Gasteiger partial charge in [0, 0.05) is 24.8 Å². The van der Waals surface area contributed by atoms with Crippen molar-refractivity contribution in [2.45, 2.75) is 44.6 Å². The smallest absolute Gasteiger partial charge is 0.430 e. The van der Waals surface area contributed by atoms with Crippen LogP contribution < -0.4 is 15.5 Å². The summed E-state index contributed by atoms with van der Waals surface area (Å²) in [5, 5.41) is 4.40. The Hall–Kier alpha value is -3.03. The first-order valence-electron chi connectivity index (χ1n) is 10.9. The van der Waals surface area contributed by atoms with E-state index < -0.39 is 6.09 Å². The number of nitrogens with zero attached hydrogens (tertiary/aromatic N) is 1. The monoisotopic (exact) mass is 437 g/mol. The highest BCUT2D eigenvalue weighted by molar-refractivity contribution is 5.84. The third-order valence-corrected chi connectivity index (χ3v) is 5.93. The number of hydrogen-bond acceptors (Lipinski definition) is 6. The highest BCUT2D eigenvalue weighted by atomic mass is 16.7. The summed E-state index contributed by atoms with van der Waals surface area (Å²) in [4.78, 5) is 23.7. The summed E-state index contributed by atoms with van der Waals surface area (Å²) in [5.41, 5.74) is 6.84. The molecular weight excluding hydrogens is 406 g/mol. The molecule has 2 N–H and O–H groups in total. The molecule has 1 fully saturated rings. The second-order valence-electron chi connectivity index (χ2n) is 9.32. The molecule has 32 heavy (non-hydrogen) atoms. The molecule has 0 unspecified atom stereocenters. The van der Waals surface area contributed by atoms with Gasteiger partial charge >= 0.3 is 6.09 Å². The number of nitrogens with one attached hydrogen (secondary N) is 2. The van der Waals surface area contributed by atoms with Crippen LogP contribution in [0.3, 0.4) is 0 Å². The van der Waals surface area contributed by atoms with Crippen LogP contribution in [0.1, 0.15) is 44.7 Å². The molecule has 0 atom stereocenters. The van der Waals surface area contributed by atoms with Crippen LogP contribution in [-0.2, 0) is 15.1 Å². The molecule has 1 saturated heterocycles. The second kappa shape index (κ2) is 8.84. The standard InChI is InChI=1S/C25H31N3O4/c1-24(2,3)19-10-8-18(9-11-19)22-17-25(32-27-22)12-14-28(15-13-25)31-23(29)26-20-6-5-7-21(16-20)30-4/h5-11,16-17,27H,12-15H2,1-4H3,(H,26,29). The van der Waals surface area contributed by atoms with Crippen molar-refractivity contribution < 1.29 is 19.2 Å². The number of rotatable bonds is 4. The van der Waals surface area contributed by atoms with Crippen molar-refractivity contribution >= 4 is 17.5 Å². The molecule has 2 heterocycles. The zero-order valence-electron chi connectivity index (χ0n) is 19.1. The van der Waals surface area contributed by atoms with Crippen LogP contribution in [-0.4, -0.2) is 37.0 Å². The summed E-state index contributed by atoms with van der Waals surface area (Å²) in [6.45, 7) is 7.79. The zero-order chi connectivity index (χ0) is 22.8. The Labute approximate surface area is 189 Å². The first-order chi connectivity index (χ1) is 15.3. The van der Waals surface area contributed by atoms with Crippen LogP contribution in [0.5, 0.6) is 5.75 Å². The minimum atomic E-state index is -0.519. The van der Waals surface area contributed by atoms with E-state index in [0.717, 1.165) is 24.1 Å². The number of ether oxygens (including phenoxy) is 1. The maximum atomic E-state index is 12.3. The maximum Gasteiger partial charge on any atom is 0.430 e. The molecule has 1 amide bonds. The predicted molar refractivity (Wildman–Crippen MR) is 124 cm³/mol. The number of amides is 1. The lowest BCUT2D eigenvalue weighted by Gasteiger charge is -2.35. The van der Waals surface area contributed by atoms with Crippen LogP contribution >= 0.6 is 0 Å². The van der Waals surface area contributed by atoms with Gasteiger partial charge in [0.2, 0.25) is 0 Å². The van der Waals surface area contributed by atoms with Gasteiger partial charge in [0.15, 0.2) is 0 Å². The molecule has 2 aromatic carbocycles. The van der Waals surface area contributed by atoms with Gasteiger partial charge in [-0.1, -0.05) is 51.1 Å². The first-order valence-corrected chi connectivity index (χ1v) is 10.9. The summed E-state index contributed by atoms with van der Waals surface area (Å²) in [7, 11) is 1.59. The highest BCUT2D eigenvalue weighted by Crippen LogP contribution is 2.35. The van der Waals surface area contributed by atoms with E-state index >= 15 is 0 Å². The van der Waals surface area contributed by atoms with Gasteiger partial charge < -0.3 is 9.57 Å². The average molecular weight is 438 g/mol. The molecule has 2 aliphatic rings. The number of hydroxylamine groups is 3. The Balaban J connectivity index is 1.32. The lowest BCUT2D eigenvalue weighted by atomic mass is 9.86. The molecule has 0 aromatic heterocycles. The van der Waals surface area contributed by atoms with Gasteiger partial charge in [0.1, 0.15) is 11.4 Å². The first kappa shape index (κ1) is 22.2. The normalized spacial score (nSPS) is 18.1. The van der Waals surface area contributed by atoms with Gasteiger partial charge in [0.05, 0.1) is 12.8 Å². The van der Waals surface area contributed by atoms with Gasteiger partial charge in [-0.05, 0) is 47.6 Å². The molecule has 0 radical (unpaired) electrons. The molecule has 1 spiro atoms. The minimum absolute atomic E-state index is 0.124. The van der Waals surface area contributed by atoms with E-state index in [1.807, 2.05) is 12.1 Å². The van der Waals surface area contributed by atoms with Gasteiger partial charge in [-0.25, -0.2) is 4.79 Å². The van der Waals surface area contributed by atoms with Crippen LogP contribution in [0.2, 0.25) is 0 Å². The number of benzene rings is 2. The number of carbonyl (C=O) groups excluding carboxylic acids is 1. The SMILES string of the molecule is COc1cccc(NC(=O)ON2CCC3(C=C(c4ccc(C(C)(C)C)cc4)NO3)CC2)c1. The quantitative estimate of drug-likeness (QED) is 0.711. The highest BCUT2D eigenvalue weighted by Gasteiger charge is 2.39. The molecular formula is C25H31N3O4. The van der Waals surface area contributed by atoms with Crippen molar-refractivity contribution in [2.24, 2.45) is 0 Å². The van der Waals surface area contributed by atoms with Gasteiger partial charge in [-0.15, -0.1) is 5.06 Å². The number of carbonyl (C=O) groups is 1. The summed E-state index contributed by atoms with van der Waals surface area (Å²) in [6.07, 6.45) is 3.08. The van der Waals surface area contributed by atoms with Crippen molar-refractivity contribution in [3.05, 3.63) is 65.7 Å². The lowest BCUT2D eigenvalue weighted by molar-refractivity contribution is -0.153. The van der Waals surface area contributed by atoms with Crippen LogP contribution in [0.15, 0.2) is 54.6 Å². The fourth-order valence-corrected chi connectivity index (χ4v) is 3.93. The predicted octanol–water partition coefficient (Wildman–Crippen LogP) is 4.87. The average Bonchev–Trinajstić information content (AvgIpc) is 3.19. The molecule has 7 nitrogen and oxygen atoms in total. The third-order valence-electron chi connectivity index (χ3n) is 5.93. The van der Waals surface area contributed by atoms with Crippen LogP contribution in [0.25, 0.3) is 5.70 Å². The van der Waals surface area contributed by atoms with Crippen molar-refractivity contribution in [3.63, 3.8) is 0 Å². The van der Waals surface area contributed by atoms with Crippen molar-refractivity contribution in [1.29, 1.82) is 0 Å². The van der Waals surface area contributed by atoms with E-state index in [2.05, 4.69) is 61.9 Å². The van der Waals surface area contributed by atoms with Crippen LogP contribution in [0.4, 0.5) is 10.5 Å². The second-order valence-corrected chi connectivity index (χ2v) is 9.32. The fourth-order valence-electron chi connectivity index (χ4n) is 3.93. The van der Waals surface area contributed by atoms with Crippen LogP contribution in [0, 0.1) is 0 Å². The Morgan fingerprint density at radius 3 is 2.50 bits per heavy atom. The molecule has 0 aliphatic carbocycles. The number of methoxy groups -OCH3 is 1. The summed E-state index contributed by atoms with van der Waals surface area (Å²) >= 11 is 0. The molecule has 170 valence electrons. The number of anilines is 1.